The Bertz CT molecular complexity index is 617. The average Bonchev–Trinajstić information content (AvgIpc) is 2.46. The molecule has 104 valence electrons. The number of esters is 1. The Morgan fingerprint density at radius 1 is 1.20 bits per heavy atom. The van der Waals surface area contributed by atoms with Gasteiger partial charge in [-0.2, -0.15) is 0 Å². The van der Waals surface area contributed by atoms with Gasteiger partial charge < -0.3 is 4.74 Å². The maximum Gasteiger partial charge on any atom is 0.306 e. The topological polar surface area (TPSA) is 56.3 Å². The molecule has 4 heteroatoms. The molecule has 0 aliphatic carbocycles. The van der Waals surface area contributed by atoms with Crippen molar-refractivity contribution in [1.29, 1.82) is 0 Å². The van der Waals surface area contributed by atoms with Crippen molar-refractivity contribution < 1.29 is 14.3 Å². The van der Waals surface area contributed by atoms with Gasteiger partial charge in [0.1, 0.15) is 5.78 Å². The second-order valence-electron chi connectivity index (χ2n) is 4.53. The second kappa shape index (κ2) is 6.80. The van der Waals surface area contributed by atoms with Crippen LogP contribution < -0.4 is 0 Å². The molecule has 4 nitrogen and oxygen atoms in total. The van der Waals surface area contributed by atoms with Crippen LogP contribution >= 0.6 is 0 Å². The normalized spacial score (nSPS) is 10.4. The fraction of sp³-hybridized carbons (Fsp3) is 0.312. The van der Waals surface area contributed by atoms with E-state index in [1.54, 1.807) is 19.3 Å². The van der Waals surface area contributed by atoms with E-state index in [0.717, 1.165) is 16.3 Å². The largest absolute Gasteiger partial charge is 0.466 e. The van der Waals surface area contributed by atoms with Gasteiger partial charge in [-0.05, 0) is 23.9 Å². The highest BCUT2D eigenvalue weighted by atomic mass is 16.5. The number of hydrogen-bond acceptors (Lipinski definition) is 4. The van der Waals surface area contributed by atoms with Crippen LogP contribution in [0.2, 0.25) is 0 Å². The van der Waals surface area contributed by atoms with Crippen molar-refractivity contribution in [1.82, 2.24) is 4.98 Å². The average molecular weight is 271 g/mol. The Morgan fingerprint density at radius 2 is 2.05 bits per heavy atom. The molecule has 0 N–H and O–H groups in total. The standard InChI is InChI=1S/C16H17NO3/c1-2-20-16(19)7-6-14(18)10-12-4-3-5-13-11-17-9-8-15(12)13/h3-5,8-9,11H,2,6-7,10H2,1H3. The summed E-state index contributed by atoms with van der Waals surface area (Å²) >= 11 is 0. The minimum absolute atomic E-state index is 0.0439. The number of fused-ring (bicyclic) bond motifs is 1. The summed E-state index contributed by atoms with van der Waals surface area (Å²) in [6.07, 6.45) is 4.21. The predicted octanol–water partition coefficient (Wildman–Crippen LogP) is 2.69. The Balaban J connectivity index is 2.01. The number of carbonyl (C=O) groups excluding carboxylic acids is 2. The first-order valence-electron chi connectivity index (χ1n) is 6.69. The van der Waals surface area contributed by atoms with Crippen LogP contribution in [0.3, 0.4) is 0 Å². The van der Waals surface area contributed by atoms with Gasteiger partial charge in [-0.1, -0.05) is 18.2 Å². The summed E-state index contributed by atoms with van der Waals surface area (Å²) in [5, 5.41) is 2.05. The van der Waals surface area contributed by atoms with E-state index in [-0.39, 0.29) is 24.6 Å². The van der Waals surface area contributed by atoms with Crippen molar-refractivity contribution in [2.24, 2.45) is 0 Å². The highest BCUT2D eigenvalue weighted by Crippen LogP contribution is 2.18. The first-order chi connectivity index (χ1) is 9.70. The van der Waals surface area contributed by atoms with Gasteiger partial charge in [0.2, 0.25) is 0 Å². The van der Waals surface area contributed by atoms with Crippen LogP contribution in [0.25, 0.3) is 10.8 Å². The van der Waals surface area contributed by atoms with Gasteiger partial charge in [0.05, 0.1) is 13.0 Å². The fourth-order valence-corrected chi connectivity index (χ4v) is 2.12. The molecule has 0 radical (unpaired) electrons. The minimum Gasteiger partial charge on any atom is -0.466 e. The summed E-state index contributed by atoms with van der Waals surface area (Å²) in [4.78, 5) is 27.2. The lowest BCUT2D eigenvalue weighted by molar-refractivity contribution is -0.144. The Kier molecular flexibility index (Phi) is 4.82. The summed E-state index contributed by atoms with van der Waals surface area (Å²) in [6, 6.07) is 7.72. The lowest BCUT2D eigenvalue weighted by atomic mass is 10.0. The third-order valence-corrected chi connectivity index (χ3v) is 3.07. The van der Waals surface area contributed by atoms with Crippen molar-refractivity contribution in [3.63, 3.8) is 0 Å². The highest BCUT2D eigenvalue weighted by Gasteiger charge is 2.10. The number of ether oxygens (including phenoxy) is 1. The molecule has 1 heterocycles. The quantitative estimate of drug-likeness (QED) is 0.758. The number of nitrogens with zero attached hydrogens (tertiary/aromatic N) is 1. The van der Waals surface area contributed by atoms with E-state index in [0.29, 0.717) is 13.0 Å². The Morgan fingerprint density at radius 3 is 2.85 bits per heavy atom. The predicted molar refractivity (Wildman–Crippen MR) is 76.3 cm³/mol. The van der Waals surface area contributed by atoms with Crippen LogP contribution in [0.15, 0.2) is 36.7 Å². The van der Waals surface area contributed by atoms with Crippen molar-refractivity contribution in [2.45, 2.75) is 26.2 Å². The molecular formula is C16H17NO3. The van der Waals surface area contributed by atoms with Gasteiger partial charge in [0, 0.05) is 30.6 Å². The summed E-state index contributed by atoms with van der Waals surface area (Å²) < 4.78 is 4.81. The molecule has 0 amide bonds. The van der Waals surface area contributed by atoms with E-state index < -0.39 is 0 Å². The fourth-order valence-electron chi connectivity index (χ4n) is 2.12. The van der Waals surface area contributed by atoms with E-state index in [4.69, 9.17) is 4.74 Å². The first kappa shape index (κ1) is 14.2. The summed E-state index contributed by atoms with van der Waals surface area (Å²) in [5.41, 5.74) is 0.971. The summed E-state index contributed by atoms with van der Waals surface area (Å²) in [7, 11) is 0. The minimum atomic E-state index is -0.317. The third kappa shape index (κ3) is 3.63. The van der Waals surface area contributed by atoms with E-state index in [1.165, 1.54) is 0 Å². The molecule has 1 aromatic carbocycles. The number of ketones is 1. The van der Waals surface area contributed by atoms with Crippen molar-refractivity contribution >= 4 is 22.5 Å². The zero-order valence-electron chi connectivity index (χ0n) is 11.5. The smallest absolute Gasteiger partial charge is 0.306 e. The number of carbonyl (C=O) groups is 2. The number of pyridine rings is 1. The van der Waals surface area contributed by atoms with E-state index in [1.807, 2.05) is 24.3 Å². The lowest BCUT2D eigenvalue weighted by Gasteiger charge is -2.05. The lowest BCUT2D eigenvalue weighted by Crippen LogP contribution is -2.09. The van der Waals surface area contributed by atoms with Gasteiger partial charge in [0.25, 0.3) is 0 Å². The van der Waals surface area contributed by atoms with Gasteiger partial charge in [-0.3, -0.25) is 14.6 Å². The van der Waals surface area contributed by atoms with Gasteiger partial charge in [-0.15, -0.1) is 0 Å². The molecule has 0 spiro atoms. The zero-order chi connectivity index (χ0) is 14.4. The summed E-state index contributed by atoms with van der Waals surface area (Å²) in [6.45, 7) is 2.10. The van der Waals surface area contributed by atoms with Crippen molar-refractivity contribution in [3.05, 3.63) is 42.2 Å². The number of Topliss-reactive ketones (excluding diaryl/α,β-unsaturated/α-hetero) is 1. The number of benzene rings is 1. The van der Waals surface area contributed by atoms with Gasteiger partial charge >= 0.3 is 5.97 Å². The maximum atomic E-state index is 11.9. The van der Waals surface area contributed by atoms with Crippen LogP contribution in [-0.2, 0) is 20.7 Å². The maximum absolute atomic E-state index is 11.9. The number of hydrogen-bond donors (Lipinski definition) is 0. The molecule has 0 saturated heterocycles. The molecule has 0 saturated carbocycles. The third-order valence-electron chi connectivity index (χ3n) is 3.07. The SMILES string of the molecule is CCOC(=O)CCC(=O)Cc1cccc2cnccc12. The number of rotatable bonds is 6. The molecule has 0 fully saturated rings. The molecule has 1 aromatic heterocycles. The highest BCUT2D eigenvalue weighted by molar-refractivity contribution is 5.91. The van der Waals surface area contributed by atoms with Crippen LogP contribution in [0.4, 0.5) is 0 Å². The Labute approximate surface area is 117 Å². The van der Waals surface area contributed by atoms with Crippen LogP contribution in [-0.4, -0.2) is 23.3 Å². The van der Waals surface area contributed by atoms with E-state index >= 15 is 0 Å². The van der Waals surface area contributed by atoms with E-state index in [2.05, 4.69) is 4.98 Å². The van der Waals surface area contributed by atoms with Crippen LogP contribution in [0.1, 0.15) is 25.3 Å². The Hall–Kier alpha value is -2.23. The zero-order valence-corrected chi connectivity index (χ0v) is 11.5. The van der Waals surface area contributed by atoms with Crippen molar-refractivity contribution in [3.8, 4) is 0 Å². The summed E-state index contributed by atoms with van der Waals surface area (Å²) in [5.74, 6) is -0.273. The molecule has 2 rings (SSSR count). The molecule has 0 aliphatic heterocycles. The van der Waals surface area contributed by atoms with E-state index in [9.17, 15) is 9.59 Å². The molecule has 20 heavy (non-hydrogen) atoms. The van der Waals surface area contributed by atoms with Gasteiger partial charge in [0.15, 0.2) is 0 Å². The molecule has 0 atom stereocenters. The molecular weight excluding hydrogens is 254 g/mol. The van der Waals surface area contributed by atoms with Crippen LogP contribution in [0, 0.1) is 0 Å². The van der Waals surface area contributed by atoms with Crippen molar-refractivity contribution in [2.75, 3.05) is 6.61 Å². The van der Waals surface area contributed by atoms with Gasteiger partial charge in [-0.25, -0.2) is 0 Å². The second-order valence-corrected chi connectivity index (χ2v) is 4.53. The molecule has 2 aromatic rings. The molecule has 0 aliphatic rings. The molecule has 0 bridgehead atoms. The molecule has 0 unspecified atom stereocenters. The number of aromatic nitrogens is 1. The van der Waals surface area contributed by atoms with Crippen LogP contribution in [0.5, 0.6) is 0 Å². The first-order valence-corrected chi connectivity index (χ1v) is 6.69. The monoisotopic (exact) mass is 271 g/mol.